The molecule has 0 aliphatic rings. The highest BCUT2D eigenvalue weighted by Crippen LogP contribution is 2.21. The molecule has 0 aromatic heterocycles. The molecule has 5 heteroatoms. The Morgan fingerprint density at radius 1 is 1.29 bits per heavy atom. The van der Waals surface area contributed by atoms with Crippen molar-refractivity contribution in [1.82, 2.24) is 5.32 Å². The third kappa shape index (κ3) is 7.34. The smallest absolute Gasteiger partial charge is 0.220 e. The van der Waals surface area contributed by atoms with Crippen LogP contribution in [0.2, 0.25) is 0 Å². The van der Waals surface area contributed by atoms with Crippen LogP contribution in [0, 0.1) is 11.8 Å². The highest BCUT2D eigenvalue weighted by atomic mass is 35.5. The van der Waals surface area contributed by atoms with E-state index in [4.69, 9.17) is 10.5 Å². The molecular weight excluding hydrogens is 288 g/mol. The van der Waals surface area contributed by atoms with Crippen LogP contribution in [0.4, 0.5) is 0 Å². The number of benzene rings is 1. The number of amides is 1. The van der Waals surface area contributed by atoms with Gasteiger partial charge in [0.05, 0.1) is 7.11 Å². The molecule has 0 fully saturated rings. The average Bonchev–Trinajstić information content (AvgIpc) is 2.45. The van der Waals surface area contributed by atoms with Crippen LogP contribution in [0.5, 0.6) is 5.75 Å². The summed E-state index contributed by atoms with van der Waals surface area (Å²) in [5.41, 5.74) is 6.67. The van der Waals surface area contributed by atoms with Crippen molar-refractivity contribution in [2.45, 2.75) is 26.7 Å². The normalized spacial score (nSPS) is 13.0. The summed E-state index contributed by atoms with van der Waals surface area (Å²) in [6.07, 6.45) is 1.36. The Labute approximate surface area is 133 Å². The van der Waals surface area contributed by atoms with Crippen LogP contribution < -0.4 is 15.8 Å². The fourth-order valence-electron chi connectivity index (χ4n) is 2.08. The van der Waals surface area contributed by atoms with Crippen molar-refractivity contribution in [3.05, 3.63) is 29.8 Å². The first-order valence-corrected chi connectivity index (χ1v) is 7.15. The van der Waals surface area contributed by atoms with Gasteiger partial charge in [-0.2, -0.15) is 0 Å². The summed E-state index contributed by atoms with van der Waals surface area (Å²) >= 11 is 0. The number of nitrogens with two attached hydrogens (primary N) is 1. The summed E-state index contributed by atoms with van der Waals surface area (Å²) in [5.74, 6) is 1.58. The van der Waals surface area contributed by atoms with Crippen LogP contribution in [0.25, 0.3) is 0 Å². The van der Waals surface area contributed by atoms with E-state index in [0.29, 0.717) is 25.4 Å². The molecule has 0 radical (unpaired) electrons. The first-order valence-electron chi connectivity index (χ1n) is 7.15. The minimum atomic E-state index is 0. The molecule has 0 spiro atoms. The second kappa shape index (κ2) is 10.5. The number of nitrogens with one attached hydrogen (secondary N) is 1. The van der Waals surface area contributed by atoms with E-state index in [1.807, 2.05) is 31.2 Å². The summed E-state index contributed by atoms with van der Waals surface area (Å²) in [6.45, 7) is 5.35. The van der Waals surface area contributed by atoms with Gasteiger partial charge in [0.2, 0.25) is 5.91 Å². The van der Waals surface area contributed by atoms with E-state index in [2.05, 4.69) is 12.2 Å². The average molecular weight is 315 g/mol. The molecule has 0 saturated heterocycles. The zero-order chi connectivity index (χ0) is 15.0. The molecule has 1 aromatic carbocycles. The molecule has 3 N–H and O–H groups in total. The van der Waals surface area contributed by atoms with Crippen molar-refractivity contribution in [3.8, 4) is 5.75 Å². The van der Waals surface area contributed by atoms with E-state index >= 15 is 0 Å². The highest BCUT2D eigenvalue weighted by molar-refractivity contribution is 5.85. The van der Waals surface area contributed by atoms with Gasteiger partial charge in [-0.3, -0.25) is 4.79 Å². The molecule has 0 saturated carbocycles. The molecule has 2 atom stereocenters. The summed E-state index contributed by atoms with van der Waals surface area (Å²) < 4.78 is 5.33. The summed E-state index contributed by atoms with van der Waals surface area (Å²) in [6, 6.07) is 7.94. The van der Waals surface area contributed by atoms with Crippen molar-refractivity contribution in [2.75, 3.05) is 20.2 Å². The zero-order valence-corrected chi connectivity index (χ0v) is 13.9. The Bertz CT molecular complexity index is 426. The van der Waals surface area contributed by atoms with Crippen LogP contribution in [0.1, 0.15) is 25.8 Å². The van der Waals surface area contributed by atoms with Crippen LogP contribution in [0.3, 0.4) is 0 Å². The maximum absolute atomic E-state index is 11.8. The van der Waals surface area contributed by atoms with Gasteiger partial charge in [-0.1, -0.05) is 32.0 Å². The molecule has 0 heterocycles. The van der Waals surface area contributed by atoms with Crippen molar-refractivity contribution >= 4 is 18.3 Å². The predicted octanol–water partition coefficient (Wildman–Crippen LogP) is 2.40. The van der Waals surface area contributed by atoms with Gasteiger partial charge in [-0.15, -0.1) is 12.4 Å². The van der Waals surface area contributed by atoms with E-state index in [0.717, 1.165) is 17.7 Å². The van der Waals surface area contributed by atoms with E-state index in [1.54, 1.807) is 7.11 Å². The van der Waals surface area contributed by atoms with E-state index < -0.39 is 0 Å². The lowest BCUT2D eigenvalue weighted by Crippen LogP contribution is -2.32. The van der Waals surface area contributed by atoms with Gasteiger partial charge in [0.15, 0.2) is 0 Å². The van der Waals surface area contributed by atoms with Gasteiger partial charge in [-0.25, -0.2) is 0 Å². The van der Waals surface area contributed by atoms with Crippen molar-refractivity contribution in [3.63, 3.8) is 0 Å². The van der Waals surface area contributed by atoms with Crippen LogP contribution in [-0.2, 0) is 11.2 Å². The predicted molar refractivity (Wildman–Crippen MR) is 89.0 cm³/mol. The lowest BCUT2D eigenvalue weighted by molar-refractivity contribution is -0.122. The fourth-order valence-corrected chi connectivity index (χ4v) is 2.08. The van der Waals surface area contributed by atoms with Crippen molar-refractivity contribution in [1.29, 1.82) is 0 Å². The molecule has 1 aromatic rings. The second-order valence-electron chi connectivity index (χ2n) is 5.47. The number of halogens is 1. The van der Waals surface area contributed by atoms with E-state index in [9.17, 15) is 4.79 Å². The first-order chi connectivity index (χ1) is 9.56. The number of ether oxygens (including phenoxy) is 1. The summed E-state index contributed by atoms with van der Waals surface area (Å²) in [7, 11) is 1.67. The van der Waals surface area contributed by atoms with Crippen LogP contribution in [-0.4, -0.2) is 26.1 Å². The minimum absolute atomic E-state index is 0. The molecule has 21 heavy (non-hydrogen) atoms. The quantitative estimate of drug-likeness (QED) is 0.774. The SMILES string of the molecule is COc1ccccc1CC(C)CC(=O)NCC(C)CN.Cl. The van der Waals surface area contributed by atoms with Gasteiger partial charge < -0.3 is 15.8 Å². The first kappa shape index (κ1) is 19.7. The Balaban J connectivity index is 0.00000400. The van der Waals surface area contributed by atoms with Gasteiger partial charge in [0.25, 0.3) is 0 Å². The zero-order valence-electron chi connectivity index (χ0n) is 13.1. The fraction of sp³-hybridized carbons (Fsp3) is 0.562. The number of hydrogen-bond acceptors (Lipinski definition) is 3. The highest BCUT2D eigenvalue weighted by Gasteiger charge is 2.12. The number of para-hydroxylation sites is 1. The Morgan fingerprint density at radius 2 is 1.95 bits per heavy atom. The molecule has 0 bridgehead atoms. The van der Waals surface area contributed by atoms with Crippen molar-refractivity contribution in [2.24, 2.45) is 17.6 Å². The standard InChI is InChI=1S/C16H26N2O2.ClH/c1-12(9-16(19)18-11-13(2)10-17)8-14-6-4-5-7-15(14)20-3;/h4-7,12-13H,8-11,17H2,1-3H3,(H,18,19);1H. The monoisotopic (exact) mass is 314 g/mol. The number of rotatable bonds is 8. The van der Waals surface area contributed by atoms with Crippen molar-refractivity contribution < 1.29 is 9.53 Å². The summed E-state index contributed by atoms with van der Waals surface area (Å²) in [4.78, 5) is 11.8. The molecule has 1 rings (SSSR count). The summed E-state index contributed by atoms with van der Waals surface area (Å²) in [5, 5.41) is 2.93. The number of methoxy groups -OCH3 is 1. The molecule has 120 valence electrons. The molecule has 0 aliphatic carbocycles. The maximum atomic E-state index is 11.8. The molecule has 4 nitrogen and oxygen atoms in total. The van der Waals surface area contributed by atoms with E-state index in [1.165, 1.54) is 0 Å². The lowest BCUT2D eigenvalue weighted by Gasteiger charge is -2.15. The number of hydrogen-bond donors (Lipinski definition) is 2. The Hall–Kier alpha value is -1.26. The molecule has 0 aliphatic heterocycles. The Kier molecular flexibility index (Phi) is 9.84. The van der Waals surface area contributed by atoms with Gasteiger partial charge in [-0.05, 0) is 36.4 Å². The van der Waals surface area contributed by atoms with Crippen LogP contribution >= 0.6 is 12.4 Å². The third-order valence-electron chi connectivity index (χ3n) is 3.34. The largest absolute Gasteiger partial charge is 0.496 e. The molecular formula is C16H27ClN2O2. The van der Waals surface area contributed by atoms with Gasteiger partial charge >= 0.3 is 0 Å². The van der Waals surface area contributed by atoms with Gasteiger partial charge in [0, 0.05) is 13.0 Å². The Morgan fingerprint density at radius 3 is 2.57 bits per heavy atom. The second-order valence-corrected chi connectivity index (χ2v) is 5.47. The molecule has 1 amide bonds. The number of carbonyl (C=O) groups excluding carboxylic acids is 1. The van der Waals surface area contributed by atoms with Gasteiger partial charge in [0.1, 0.15) is 5.75 Å². The third-order valence-corrected chi connectivity index (χ3v) is 3.34. The maximum Gasteiger partial charge on any atom is 0.220 e. The number of carbonyl (C=O) groups is 1. The lowest BCUT2D eigenvalue weighted by atomic mass is 9.97. The molecule has 2 unspecified atom stereocenters. The van der Waals surface area contributed by atoms with Crippen LogP contribution in [0.15, 0.2) is 24.3 Å². The topological polar surface area (TPSA) is 64.3 Å². The van der Waals surface area contributed by atoms with E-state index in [-0.39, 0.29) is 24.2 Å². The minimum Gasteiger partial charge on any atom is -0.496 e.